The fourth-order valence-electron chi connectivity index (χ4n) is 4.22. The van der Waals surface area contributed by atoms with Crippen molar-refractivity contribution in [1.82, 2.24) is 20.3 Å². The molecule has 2 aromatic heterocycles. The van der Waals surface area contributed by atoms with Crippen LogP contribution in [0.2, 0.25) is 0 Å². The van der Waals surface area contributed by atoms with Gasteiger partial charge < -0.3 is 40.0 Å². The Morgan fingerprint density at radius 3 is 2.15 bits per heavy atom. The molecule has 4 rings (SSSR count). The molecule has 3 heterocycles. The van der Waals surface area contributed by atoms with Gasteiger partial charge in [0.25, 0.3) is 0 Å². The minimum Gasteiger partial charge on any atom is -0.494 e. The van der Waals surface area contributed by atoms with Gasteiger partial charge in [0, 0.05) is 25.2 Å². The van der Waals surface area contributed by atoms with Gasteiger partial charge in [-0.3, -0.25) is 0 Å². The van der Waals surface area contributed by atoms with Crippen molar-refractivity contribution in [2.45, 2.75) is 31.5 Å². The highest BCUT2D eigenvalue weighted by Crippen LogP contribution is 2.32. The summed E-state index contributed by atoms with van der Waals surface area (Å²) in [6.07, 6.45) is 6.22. The maximum absolute atomic E-state index is 14.5. The topological polar surface area (TPSA) is 134 Å². The summed E-state index contributed by atoms with van der Waals surface area (Å²) in [5.74, 6) is -0.689. The maximum Gasteiger partial charge on any atom is 0.227 e. The average Bonchev–Trinajstić information content (AvgIpc) is 2.97. The van der Waals surface area contributed by atoms with E-state index in [1.165, 1.54) is 26.6 Å². The van der Waals surface area contributed by atoms with Crippen LogP contribution in [0.1, 0.15) is 18.4 Å². The number of aliphatic hydroxyl groups excluding tert-OH is 2. The van der Waals surface area contributed by atoms with Crippen molar-refractivity contribution in [2.75, 3.05) is 50.7 Å². The maximum atomic E-state index is 14.5. The van der Waals surface area contributed by atoms with Crippen LogP contribution in [0.5, 0.6) is 17.2 Å². The molecule has 1 aliphatic rings. The summed E-state index contributed by atoms with van der Waals surface area (Å²) in [6.45, 7) is 1.02. The molecule has 1 saturated heterocycles. The number of hydrogen-bond donors (Lipinski definition) is 4. The van der Waals surface area contributed by atoms with E-state index >= 15 is 0 Å². The van der Waals surface area contributed by atoms with Crippen LogP contribution in [0.4, 0.5) is 26.2 Å². The molecule has 13 heteroatoms. The molecular formula is C26H32F2N6O5. The Morgan fingerprint density at radius 2 is 1.62 bits per heavy atom. The number of nitrogens with one attached hydrogen (secondary N) is 2. The van der Waals surface area contributed by atoms with E-state index in [2.05, 4.69) is 30.5 Å². The summed E-state index contributed by atoms with van der Waals surface area (Å²) in [5.41, 5.74) is 0.352. The number of hydrogen-bond acceptors (Lipinski definition) is 11. The van der Waals surface area contributed by atoms with Gasteiger partial charge in [0.05, 0.1) is 63.3 Å². The van der Waals surface area contributed by atoms with E-state index in [9.17, 15) is 19.0 Å². The van der Waals surface area contributed by atoms with Crippen molar-refractivity contribution in [3.63, 3.8) is 0 Å². The normalized spacial score (nSPS) is 14.0. The smallest absolute Gasteiger partial charge is 0.227 e. The van der Waals surface area contributed by atoms with Gasteiger partial charge in [-0.05, 0) is 25.0 Å². The van der Waals surface area contributed by atoms with Crippen LogP contribution in [-0.4, -0.2) is 77.8 Å². The van der Waals surface area contributed by atoms with Crippen LogP contribution >= 0.6 is 0 Å². The lowest BCUT2D eigenvalue weighted by Gasteiger charge is -2.34. The predicted molar refractivity (Wildman–Crippen MR) is 140 cm³/mol. The monoisotopic (exact) mass is 546 g/mol. The first-order chi connectivity index (χ1) is 18.9. The SMILES string of the molecule is COc1cc(OC)c(F)c(COc2cnc(Nc3ccc(N4CCC(NC(CO)CO)CC4)nc3)nc2)c1F. The molecule has 0 spiro atoms. The molecule has 4 N–H and O–H groups in total. The Bertz CT molecular complexity index is 1180. The van der Waals surface area contributed by atoms with Gasteiger partial charge in [0.1, 0.15) is 12.4 Å². The Labute approximate surface area is 224 Å². The number of methoxy groups -OCH3 is 2. The van der Waals surface area contributed by atoms with Gasteiger partial charge in [0.15, 0.2) is 28.9 Å². The van der Waals surface area contributed by atoms with Crippen LogP contribution in [-0.2, 0) is 6.61 Å². The Hall–Kier alpha value is -3.81. The molecule has 1 aliphatic heterocycles. The molecule has 1 aromatic carbocycles. The van der Waals surface area contributed by atoms with Crippen LogP contribution in [0.25, 0.3) is 0 Å². The highest BCUT2D eigenvalue weighted by Gasteiger charge is 2.23. The van der Waals surface area contributed by atoms with E-state index in [-0.39, 0.29) is 48.1 Å². The van der Waals surface area contributed by atoms with Gasteiger partial charge in [-0.25, -0.2) is 23.7 Å². The molecular weight excluding hydrogens is 514 g/mol. The largest absolute Gasteiger partial charge is 0.494 e. The van der Waals surface area contributed by atoms with Crippen molar-refractivity contribution in [1.29, 1.82) is 0 Å². The second-order valence-corrected chi connectivity index (χ2v) is 8.94. The van der Waals surface area contributed by atoms with E-state index in [1.54, 1.807) is 6.20 Å². The molecule has 11 nitrogen and oxygen atoms in total. The quantitative estimate of drug-likeness (QED) is 0.267. The summed E-state index contributed by atoms with van der Waals surface area (Å²) in [5, 5.41) is 24.8. The van der Waals surface area contributed by atoms with Crippen LogP contribution in [0.3, 0.4) is 0 Å². The minimum absolute atomic E-state index is 0.0921. The number of rotatable bonds is 12. The third kappa shape index (κ3) is 6.99. The molecule has 0 bridgehead atoms. The molecule has 0 aliphatic carbocycles. The van der Waals surface area contributed by atoms with Gasteiger partial charge >= 0.3 is 0 Å². The molecule has 0 radical (unpaired) electrons. The number of piperidine rings is 1. The molecule has 0 unspecified atom stereocenters. The van der Waals surface area contributed by atoms with Gasteiger partial charge in [-0.15, -0.1) is 0 Å². The lowest BCUT2D eigenvalue weighted by Crippen LogP contribution is -2.48. The number of aliphatic hydroxyl groups is 2. The summed E-state index contributed by atoms with van der Waals surface area (Å²) in [4.78, 5) is 15.1. The predicted octanol–water partition coefficient (Wildman–Crippen LogP) is 2.40. The first-order valence-corrected chi connectivity index (χ1v) is 12.4. The molecule has 39 heavy (non-hydrogen) atoms. The van der Waals surface area contributed by atoms with Crippen molar-refractivity contribution < 1.29 is 33.2 Å². The number of ether oxygens (including phenoxy) is 3. The minimum atomic E-state index is -0.871. The van der Waals surface area contributed by atoms with Crippen molar-refractivity contribution in [3.05, 3.63) is 54.0 Å². The van der Waals surface area contributed by atoms with Crippen molar-refractivity contribution >= 4 is 17.5 Å². The highest BCUT2D eigenvalue weighted by atomic mass is 19.1. The van der Waals surface area contributed by atoms with Gasteiger partial charge in [0.2, 0.25) is 5.95 Å². The Balaban J connectivity index is 1.30. The number of anilines is 3. The summed E-state index contributed by atoms with van der Waals surface area (Å²) >= 11 is 0. The number of nitrogens with zero attached hydrogens (tertiary/aromatic N) is 4. The lowest BCUT2D eigenvalue weighted by atomic mass is 10.0. The Morgan fingerprint density at radius 1 is 0.974 bits per heavy atom. The fourth-order valence-corrected chi connectivity index (χ4v) is 4.22. The number of halogens is 2. The van der Waals surface area contributed by atoms with Crippen LogP contribution in [0.15, 0.2) is 36.8 Å². The van der Waals surface area contributed by atoms with E-state index in [4.69, 9.17) is 14.2 Å². The zero-order valence-electron chi connectivity index (χ0n) is 21.7. The van der Waals surface area contributed by atoms with Crippen molar-refractivity contribution in [3.8, 4) is 17.2 Å². The van der Waals surface area contributed by atoms with E-state index in [0.717, 1.165) is 37.8 Å². The average molecular weight is 547 g/mol. The lowest BCUT2D eigenvalue weighted by molar-refractivity contribution is 0.157. The molecule has 210 valence electrons. The highest BCUT2D eigenvalue weighted by molar-refractivity contribution is 5.55. The first-order valence-electron chi connectivity index (χ1n) is 12.4. The van der Waals surface area contributed by atoms with E-state index in [0.29, 0.717) is 11.6 Å². The molecule has 0 saturated carbocycles. The number of benzene rings is 1. The molecule has 3 aromatic rings. The fraction of sp³-hybridized carbons (Fsp3) is 0.423. The van der Waals surface area contributed by atoms with Gasteiger partial charge in [-0.2, -0.15) is 0 Å². The summed E-state index contributed by atoms with van der Waals surface area (Å²) in [6, 6.07) is 4.86. The zero-order valence-corrected chi connectivity index (χ0v) is 21.7. The van der Waals surface area contributed by atoms with Crippen LogP contribution < -0.4 is 29.7 Å². The molecule has 0 atom stereocenters. The second-order valence-electron chi connectivity index (χ2n) is 8.94. The van der Waals surface area contributed by atoms with Gasteiger partial charge in [-0.1, -0.05) is 0 Å². The van der Waals surface area contributed by atoms with E-state index in [1.807, 2.05) is 12.1 Å². The molecule has 0 amide bonds. The Kier molecular flexibility index (Phi) is 9.63. The van der Waals surface area contributed by atoms with Crippen LogP contribution in [0, 0.1) is 11.6 Å². The summed E-state index contributed by atoms with van der Waals surface area (Å²) < 4.78 is 44.4. The number of aromatic nitrogens is 3. The summed E-state index contributed by atoms with van der Waals surface area (Å²) in [7, 11) is 2.55. The second kappa shape index (κ2) is 13.3. The first kappa shape index (κ1) is 28.2. The molecule has 1 fully saturated rings. The standard InChI is InChI=1S/C26H32F2N6O5/c1-37-21-9-22(38-2)25(28)20(24(21)27)15-39-19-11-30-26(31-12-19)33-17-3-4-23(29-10-17)34-7-5-16(6-8-34)32-18(13-35)14-36/h3-4,9-12,16,18,32,35-36H,5-8,13-15H2,1-2H3,(H,30,31,33). The van der Waals surface area contributed by atoms with Crippen molar-refractivity contribution in [2.24, 2.45) is 0 Å². The number of pyridine rings is 1. The van der Waals surface area contributed by atoms with E-state index < -0.39 is 18.2 Å². The zero-order chi connectivity index (χ0) is 27.8. The third-order valence-electron chi connectivity index (χ3n) is 6.41. The third-order valence-corrected chi connectivity index (χ3v) is 6.41.